The summed E-state index contributed by atoms with van der Waals surface area (Å²) in [7, 11) is 3.45. The van der Waals surface area contributed by atoms with Gasteiger partial charge in [-0.3, -0.25) is 14.2 Å². The first-order chi connectivity index (χ1) is 13.1. The minimum absolute atomic E-state index is 0.133. The molecule has 0 atom stereocenters. The van der Waals surface area contributed by atoms with E-state index in [1.807, 2.05) is 31.3 Å². The van der Waals surface area contributed by atoms with Crippen molar-refractivity contribution >= 4 is 17.7 Å². The van der Waals surface area contributed by atoms with Gasteiger partial charge in [-0.25, -0.2) is 0 Å². The van der Waals surface area contributed by atoms with Gasteiger partial charge in [0.05, 0.1) is 7.11 Å². The maximum Gasteiger partial charge on any atom is 0.270 e. The number of carbonyl (C=O) groups excluding carboxylic acids is 1. The van der Waals surface area contributed by atoms with Crippen LogP contribution < -0.4 is 10.3 Å². The van der Waals surface area contributed by atoms with Crippen LogP contribution in [0.15, 0.2) is 53.5 Å². The molecule has 27 heavy (non-hydrogen) atoms. The molecule has 142 valence electrons. The van der Waals surface area contributed by atoms with Crippen LogP contribution in [0, 0.1) is 0 Å². The lowest BCUT2D eigenvalue weighted by Crippen LogP contribution is -2.40. The van der Waals surface area contributed by atoms with Gasteiger partial charge in [0.15, 0.2) is 0 Å². The Balaban J connectivity index is 1.98. The largest absolute Gasteiger partial charge is 0.497 e. The molecule has 0 aliphatic heterocycles. The zero-order valence-corrected chi connectivity index (χ0v) is 15.9. The smallest absolute Gasteiger partial charge is 0.270 e. The van der Waals surface area contributed by atoms with E-state index in [1.165, 1.54) is 17.1 Å². The number of hydrogen-bond acceptors (Lipinski definition) is 3. The Hall–Kier alpha value is -2.82. The minimum Gasteiger partial charge on any atom is -0.497 e. The highest BCUT2D eigenvalue weighted by Crippen LogP contribution is 2.24. The molecule has 1 aromatic carbocycles. The van der Waals surface area contributed by atoms with E-state index in [0.717, 1.165) is 37.0 Å². The number of aromatic nitrogens is 1. The van der Waals surface area contributed by atoms with Crippen molar-refractivity contribution in [1.82, 2.24) is 9.47 Å². The minimum atomic E-state index is -0.220. The molecular weight excluding hydrogens is 340 g/mol. The fourth-order valence-electron chi connectivity index (χ4n) is 3.53. The second kappa shape index (κ2) is 8.71. The summed E-state index contributed by atoms with van der Waals surface area (Å²) in [5, 5.41) is 0. The highest BCUT2D eigenvalue weighted by atomic mass is 16.5. The standard InChI is InChI=1S/C22H26N2O3/c1-23(18-8-4-3-5-9-18)22(26)20(24-15-7-6-10-21(24)25)16-17-11-13-19(27-2)14-12-17/h6-7,10-16,18H,3-5,8-9H2,1-2H3/b20-16+. The molecule has 1 fully saturated rings. The first-order valence-corrected chi connectivity index (χ1v) is 9.41. The van der Waals surface area contributed by atoms with Crippen molar-refractivity contribution in [2.75, 3.05) is 14.2 Å². The zero-order valence-electron chi connectivity index (χ0n) is 15.9. The number of likely N-dealkylation sites (N-methyl/N-ethyl adjacent to an activating group) is 1. The Labute approximate surface area is 159 Å². The predicted molar refractivity (Wildman–Crippen MR) is 108 cm³/mol. The average Bonchev–Trinajstić information content (AvgIpc) is 2.72. The molecule has 0 saturated heterocycles. The van der Waals surface area contributed by atoms with Gasteiger partial charge in [-0.05, 0) is 42.7 Å². The van der Waals surface area contributed by atoms with E-state index < -0.39 is 0 Å². The topological polar surface area (TPSA) is 51.5 Å². The molecular formula is C22H26N2O3. The SMILES string of the molecule is COc1ccc(/C=C(\C(=O)N(C)C2CCCCC2)n2ccccc2=O)cc1. The van der Waals surface area contributed by atoms with Crippen LogP contribution >= 0.6 is 0 Å². The lowest BCUT2D eigenvalue weighted by molar-refractivity contribution is -0.126. The third-order valence-corrected chi connectivity index (χ3v) is 5.16. The summed E-state index contributed by atoms with van der Waals surface area (Å²) in [5.41, 5.74) is 0.980. The first-order valence-electron chi connectivity index (χ1n) is 9.41. The Morgan fingerprint density at radius 2 is 1.81 bits per heavy atom. The van der Waals surface area contributed by atoms with Gasteiger partial charge in [0.25, 0.3) is 11.5 Å². The summed E-state index contributed by atoms with van der Waals surface area (Å²) in [4.78, 5) is 27.5. The highest BCUT2D eigenvalue weighted by Gasteiger charge is 2.25. The lowest BCUT2D eigenvalue weighted by atomic mass is 9.94. The van der Waals surface area contributed by atoms with Gasteiger partial charge in [-0.2, -0.15) is 0 Å². The third-order valence-electron chi connectivity index (χ3n) is 5.16. The van der Waals surface area contributed by atoms with Crippen LogP contribution in [0.3, 0.4) is 0 Å². The number of pyridine rings is 1. The quantitative estimate of drug-likeness (QED) is 0.759. The summed E-state index contributed by atoms with van der Waals surface area (Å²) in [6.07, 6.45) is 8.96. The zero-order chi connectivity index (χ0) is 19.2. The second-order valence-electron chi connectivity index (χ2n) is 6.92. The molecule has 0 bridgehead atoms. The molecule has 1 aromatic heterocycles. The van der Waals surface area contributed by atoms with Gasteiger partial charge >= 0.3 is 0 Å². The Morgan fingerprint density at radius 3 is 2.44 bits per heavy atom. The van der Waals surface area contributed by atoms with Crippen LogP contribution in [0.25, 0.3) is 11.8 Å². The molecule has 0 unspecified atom stereocenters. The third kappa shape index (κ3) is 4.48. The normalized spacial score (nSPS) is 15.4. The van der Waals surface area contributed by atoms with E-state index in [2.05, 4.69) is 0 Å². The van der Waals surface area contributed by atoms with Crippen LogP contribution in [0.1, 0.15) is 37.7 Å². The maximum absolute atomic E-state index is 13.3. The number of benzene rings is 1. The fourth-order valence-corrected chi connectivity index (χ4v) is 3.53. The van der Waals surface area contributed by atoms with Crippen LogP contribution in [0.2, 0.25) is 0 Å². The number of carbonyl (C=O) groups is 1. The van der Waals surface area contributed by atoms with Crippen LogP contribution in [0.4, 0.5) is 0 Å². The molecule has 5 heteroatoms. The van der Waals surface area contributed by atoms with Gasteiger partial charge in [0.1, 0.15) is 11.4 Å². The molecule has 0 N–H and O–H groups in total. The van der Waals surface area contributed by atoms with Crippen LogP contribution in [-0.4, -0.2) is 35.6 Å². The van der Waals surface area contributed by atoms with Crippen molar-refractivity contribution in [2.24, 2.45) is 0 Å². The molecule has 1 amide bonds. The van der Waals surface area contributed by atoms with Gasteiger partial charge in [0.2, 0.25) is 0 Å². The second-order valence-corrected chi connectivity index (χ2v) is 6.92. The number of ether oxygens (including phenoxy) is 1. The van der Waals surface area contributed by atoms with Crippen LogP contribution in [-0.2, 0) is 4.79 Å². The van der Waals surface area contributed by atoms with Crippen molar-refractivity contribution in [3.63, 3.8) is 0 Å². The number of nitrogens with zero attached hydrogens (tertiary/aromatic N) is 2. The van der Waals surface area contributed by atoms with Crippen molar-refractivity contribution < 1.29 is 9.53 Å². The lowest BCUT2D eigenvalue weighted by Gasteiger charge is -2.32. The van der Waals surface area contributed by atoms with E-state index in [1.54, 1.807) is 36.4 Å². The monoisotopic (exact) mass is 366 g/mol. The summed E-state index contributed by atoms with van der Waals surface area (Å²) >= 11 is 0. The first kappa shape index (κ1) is 19.0. The maximum atomic E-state index is 13.3. The molecule has 3 rings (SSSR count). The molecule has 2 aromatic rings. The van der Waals surface area contributed by atoms with E-state index in [0.29, 0.717) is 5.70 Å². The number of methoxy groups -OCH3 is 1. The Bertz CT molecular complexity index is 862. The van der Waals surface area contributed by atoms with E-state index in [9.17, 15) is 9.59 Å². The van der Waals surface area contributed by atoms with Crippen molar-refractivity contribution in [3.05, 3.63) is 64.6 Å². The number of amides is 1. The molecule has 1 aliphatic rings. The van der Waals surface area contributed by atoms with E-state index in [4.69, 9.17) is 4.74 Å². The van der Waals surface area contributed by atoms with Crippen LogP contribution in [0.5, 0.6) is 5.75 Å². The number of rotatable bonds is 5. The molecule has 0 radical (unpaired) electrons. The predicted octanol–water partition coefficient (Wildman–Crippen LogP) is 3.65. The molecule has 1 aliphatic carbocycles. The molecule has 5 nitrogen and oxygen atoms in total. The van der Waals surface area contributed by atoms with Gasteiger partial charge in [-0.15, -0.1) is 0 Å². The Kier molecular flexibility index (Phi) is 6.12. The molecule has 1 saturated carbocycles. The fraction of sp³-hybridized carbons (Fsp3) is 0.364. The van der Waals surface area contributed by atoms with Crippen molar-refractivity contribution in [1.29, 1.82) is 0 Å². The Morgan fingerprint density at radius 1 is 1.11 bits per heavy atom. The van der Waals surface area contributed by atoms with Crippen molar-refractivity contribution in [3.8, 4) is 5.75 Å². The highest BCUT2D eigenvalue weighted by molar-refractivity contribution is 6.18. The summed E-state index contributed by atoms with van der Waals surface area (Å²) in [5.74, 6) is 0.613. The van der Waals surface area contributed by atoms with E-state index >= 15 is 0 Å². The van der Waals surface area contributed by atoms with Gasteiger partial charge < -0.3 is 9.64 Å². The van der Waals surface area contributed by atoms with Gasteiger partial charge in [0, 0.05) is 25.4 Å². The average molecular weight is 366 g/mol. The van der Waals surface area contributed by atoms with E-state index in [-0.39, 0.29) is 17.5 Å². The molecule has 1 heterocycles. The summed E-state index contributed by atoms with van der Waals surface area (Å²) < 4.78 is 6.61. The molecule has 0 spiro atoms. The van der Waals surface area contributed by atoms with Gasteiger partial charge in [-0.1, -0.05) is 37.5 Å². The van der Waals surface area contributed by atoms with Crippen molar-refractivity contribution in [2.45, 2.75) is 38.1 Å². The number of hydrogen-bond donors (Lipinski definition) is 0. The summed E-state index contributed by atoms with van der Waals surface area (Å²) in [6, 6.07) is 12.6. The summed E-state index contributed by atoms with van der Waals surface area (Å²) in [6.45, 7) is 0.